The average Bonchev–Trinajstić information content (AvgIpc) is 3.02. The van der Waals surface area contributed by atoms with Crippen molar-refractivity contribution in [3.05, 3.63) is 133 Å². The lowest BCUT2D eigenvalue weighted by Crippen LogP contribution is -2.25. The number of aromatic nitrogens is 2. The number of hydrogen-bond donors (Lipinski definition) is 0. The molecule has 5 heteroatoms. The van der Waals surface area contributed by atoms with Crippen LogP contribution in [-0.4, -0.2) is 12.6 Å². The quantitative estimate of drug-likeness (QED) is 0.0775. The van der Waals surface area contributed by atoms with Gasteiger partial charge < -0.3 is 9.64 Å². The molecule has 0 saturated carbocycles. The van der Waals surface area contributed by atoms with Crippen LogP contribution >= 0.6 is 0 Å². The maximum atomic E-state index is 12.0. The van der Waals surface area contributed by atoms with Gasteiger partial charge in [-0.1, -0.05) is 49.7 Å². The van der Waals surface area contributed by atoms with E-state index in [1.807, 2.05) is 35.4 Å². The van der Waals surface area contributed by atoms with Gasteiger partial charge in [0, 0.05) is 47.4 Å². The van der Waals surface area contributed by atoms with Gasteiger partial charge in [0.05, 0.1) is 6.61 Å². The highest BCUT2D eigenvalue weighted by atomic mass is 16.5. The van der Waals surface area contributed by atoms with Crippen LogP contribution in [0, 0.1) is 0 Å². The van der Waals surface area contributed by atoms with E-state index in [-0.39, 0.29) is 5.97 Å². The summed E-state index contributed by atoms with van der Waals surface area (Å²) < 4.78 is 9.31. The van der Waals surface area contributed by atoms with Crippen LogP contribution in [0.15, 0.2) is 128 Å². The Morgan fingerprint density at radius 2 is 1.05 bits per heavy atom. The standard InChI is InChI=1S/C37H37N3O2/c1-4-5-28-42-37(41)19-8-29-6-13-34(14-7-29)40(35-15-9-30(10-16-35)32-20-24-38(2)25-21-32)36-17-11-31(12-18-36)33-22-26-39(3)27-23-33/h6-27H,4-5,28H2,1-3H3/q+2/b19-8+. The first-order valence-electron chi connectivity index (χ1n) is 14.4. The fraction of sp³-hybridized carbons (Fsp3) is 0.162. The number of rotatable bonds is 10. The molecule has 5 nitrogen and oxygen atoms in total. The van der Waals surface area contributed by atoms with Crippen molar-refractivity contribution in [1.82, 2.24) is 0 Å². The van der Waals surface area contributed by atoms with Crippen LogP contribution in [0.4, 0.5) is 17.1 Å². The fourth-order valence-corrected chi connectivity index (χ4v) is 4.70. The van der Waals surface area contributed by atoms with Gasteiger partial charge in [-0.15, -0.1) is 0 Å². The third-order valence-electron chi connectivity index (χ3n) is 7.18. The lowest BCUT2D eigenvalue weighted by atomic mass is 10.0. The molecule has 0 spiro atoms. The Morgan fingerprint density at radius 1 is 0.643 bits per heavy atom. The molecule has 0 bridgehead atoms. The summed E-state index contributed by atoms with van der Waals surface area (Å²) in [5, 5.41) is 0. The minimum Gasteiger partial charge on any atom is -0.463 e. The predicted molar refractivity (Wildman–Crippen MR) is 169 cm³/mol. The number of benzene rings is 3. The molecule has 0 saturated heterocycles. The third kappa shape index (κ3) is 7.18. The van der Waals surface area contributed by atoms with Gasteiger partial charge in [-0.05, 0) is 76.7 Å². The molecule has 2 aromatic heterocycles. The molecule has 0 aliphatic heterocycles. The molecule has 0 amide bonds. The van der Waals surface area contributed by atoms with Crippen molar-refractivity contribution in [2.75, 3.05) is 11.5 Å². The molecule has 42 heavy (non-hydrogen) atoms. The van der Waals surface area contributed by atoms with E-state index in [2.05, 4.69) is 122 Å². The first-order chi connectivity index (χ1) is 20.5. The molecular formula is C37H37N3O2+2. The Balaban J connectivity index is 1.44. The molecule has 0 aliphatic rings. The smallest absolute Gasteiger partial charge is 0.330 e. The van der Waals surface area contributed by atoms with E-state index in [1.165, 1.54) is 17.2 Å². The minimum atomic E-state index is -0.311. The largest absolute Gasteiger partial charge is 0.463 e. The van der Waals surface area contributed by atoms with E-state index >= 15 is 0 Å². The maximum Gasteiger partial charge on any atom is 0.330 e. The van der Waals surface area contributed by atoms with Crippen LogP contribution in [0.1, 0.15) is 25.3 Å². The Bertz CT molecular complexity index is 1530. The van der Waals surface area contributed by atoms with Crippen LogP contribution in [0.3, 0.4) is 0 Å². The number of hydrogen-bond acceptors (Lipinski definition) is 3. The second kappa shape index (κ2) is 13.6. The number of nitrogens with zero attached hydrogens (tertiary/aromatic N) is 3. The van der Waals surface area contributed by atoms with Crippen molar-refractivity contribution in [2.45, 2.75) is 19.8 Å². The summed E-state index contributed by atoms with van der Waals surface area (Å²) >= 11 is 0. The van der Waals surface area contributed by atoms with E-state index < -0.39 is 0 Å². The molecule has 3 aromatic carbocycles. The highest BCUT2D eigenvalue weighted by Crippen LogP contribution is 2.36. The number of unbranched alkanes of at least 4 members (excludes halogenated alkanes) is 1. The number of ether oxygens (including phenoxy) is 1. The van der Waals surface area contributed by atoms with Crippen LogP contribution in [0.2, 0.25) is 0 Å². The summed E-state index contributed by atoms with van der Waals surface area (Å²) in [5.41, 5.74) is 8.76. The van der Waals surface area contributed by atoms with Crippen molar-refractivity contribution in [3.8, 4) is 22.3 Å². The zero-order valence-electron chi connectivity index (χ0n) is 24.5. The van der Waals surface area contributed by atoms with Crippen molar-refractivity contribution in [3.63, 3.8) is 0 Å². The van der Waals surface area contributed by atoms with Gasteiger partial charge in [0.15, 0.2) is 24.8 Å². The number of pyridine rings is 2. The average molecular weight is 556 g/mol. The molecule has 0 N–H and O–H groups in total. The first-order valence-corrected chi connectivity index (χ1v) is 14.4. The number of carbonyl (C=O) groups excluding carboxylic acids is 1. The van der Waals surface area contributed by atoms with Crippen molar-refractivity contribution in [1.29, 1.82) is 0 Å². The molecular weight excluding hydrogens is 518 g/mol. The Kier molecular flexibility index (Phi) is 9.20. The maximum absolute atomic E-state index is 12.0. The number of esters is 1. The second-order valence-corrected chi connectivity index (χ2v) is 10.4. The topological polar surface area (TPSA) is 37.3 Å². The monoisotopic (exact) mass is 555 g/mol. The summed E-state index contributed by atoms with van der Waals surface area (Å²) in [6.45, 7) is 2.53. The molecule has 0 radical (unpaired) electrons. The van der Waals surface area contributed by atoms with E-state index in [1.54, 1.807) is 6.08 Å². The summed E-state index contributed by atoms with van der Waals surface area (Å²) in [6.07, 6.45) is 13.4. The summed E-state index contributed by atoms with van der Waals surface area (Å²) in [4.78, 5) is 14.3. The van der Waals surface area contributed by atoms with Crippen molar-refractivity contribution < 1.29 is 18.7 Å². The molecule has 0 aliphatic carbocycles. The normalized spacial score (nSPS) is 11.0. The van der Waals surface area contributed by atoms with Crippen LogP contribution in [0.25, 0.3) is 28.3 Å². The summed E-state index contributed by atoms with van der Waals surface area (Å²) in [5.74, 6) is -0.311. The number of carbonyl (C=O) groups is 1. The Hall–Kier alpha value is -5.03. The van der Waals surface area contributed by atoms with Gasteiger partial charge in [0.25, 0.3) is 0 Å². The molecule has 2 heterocycles. The molecule has 0 atom stereocenters. The molecule has 5 rings (SSSR count). The van der Waals surface area contributed by atoms with Crippen molar-refractivity contribution in [2.24, 2.45) is 14.1 Å². The van der Waals surface area contributed by atoms with Gasteiger partial charge in [0.2, 0.25) is 0 Å². The van der Waals surface area contributed by atoms with Gasteiger partial charge >= 0.3 is 5.97 Å². The van der Waals surface area contributed by atoms with E-state index in [9.17, 15) is 4.79 Å². The zero-order valence-corrected chi connectivity index (χ0v) is 24.5. The summed E-state index contributed by atoms with van der Waals surface area (Å²) in [6, 6.07) is 34.0. The van der Waals surface area contributed by atoms with E-state index in [0.717, 1.165) is 46.6 Å². The predicted octanol–water partition coefficient (Wildman–Crippen LogP) is 7.50. The highest BCUT2D eigenvalue weighted by Gasteiger charge is 2.14. The number of aryl methyl sites for hydroxylation is 2. The summed E-state index contributed by atoms with van der Waals surface area (Å²) in [7, 11) is 4.04. The van der Waals surface area contributed by atoms with E-state index in [0.29, 0.717) is 6.61 Å². The Morgan fingerprint density at radius 3 is 1.48 bits per heavy atom. The van der Waals surface area contributed by atoms with Gasteiger partial charge in [-0.2, -0.15) is 0 Å². The third-order valence-corrected chi connectivity index (χ3v) is 7.18. The van der Waals surface area contributed by atoms with Crippen LogP contribution in [0.5, 0.6) is 0 Å². The number of anilines is 3. The molecule has 5 aromatic rings. The lowest BCUT2D eigenvalue weighted by molar-refractivity contribution is -0.671. The second-order valence-electron chi connectivity index (χ2n) is 10.4. The highest BCUT2D eigenvalue weighted by molar-refractivity contribution is 5.87. The lowest BCUT2D eigenvalue weighted by Gasteiger charge is -2.26. The SMILES string of the molecule is CCCCOC(=O)/C=C/c1ccc(N(c2ccc(-c3cc[n+](C)cc3)cc2)c2ccc(-c3cc[n+](C)cc3)cc2)cc1. The molecule has 210 valence electrons. The molecule has 0 fully saturated rings. The van der Waals surface area contributed by atoms with Crippen LogP contribution < -0.4 is 14.0 Å². The van der Waals surface area contributed by atoms with Crippen molar-refractivity contribution >= 4 is 29.1 Å². The van der Waals surface area contributed by atoms with Gasteiger partial charge in [-0.3, -0.25) is 0 Å². The van der Waals surface area contributed by atoms with Crippen LogP contribution in [-0.2, 0) is 23.6 Å². The van der Waals surface area contributed by atoms with Gasteiger partial charge in [0.1, 0.15) is 14.1 Å². The fourth-order valence-electron chi connectivity index (χ4n) is 4.70. The minimum absolute atomic E-state index is 0.311. The zero-order chi connectivity index (χ0) is 29.3. The van der Waals surface area contributed by atoms with E-state index in [4.69, 9.17) is 4.74 Å². The Labute approximate surface area is 248 Å². The molecule has 0 unspecified atom stereocenters. The first kappa shape index (κ1) is 28.5. The van der Waals surface area contributed by atoms with Gasteiger partial charge in [-0.25, -0.2) is 13.9 Å².